The van der Waals surface area contributed by atoms with Gasteiger partial charge in [0.1, 0.15) is 11.6 Å². The number of nitrogens with zero attached hydrogens (tertiary/aromatic N) is 3. The first-order chi connectivity index (χ1) is 9.80. The molecule has 5 heteroatoms. The van der Waals surface area contributed by atoms with E-state index in [9.17, 15) is 5.26 Å². The molecule has 2 rings (SSSR count). The van der Waals surface area contributed by atoms with Gasteiger partial charge in [-0.1, -0.05) is 20.3 Å². The summed E-state index contributed by atoms with van der Waals surface area (Å²) in [5.74, 6) is 1.91. The average Bonchev–Trinajstić information content (AvgIpc) is 2.52. The Labute approximate surface area is 125 Å². The highest BCUT2D eigenvalue weighted by Gasteiger charge is 2.17. The second-order valence-corrected chi connectivity index (χ2v) is 6.45. The molecule has 1 aliphatic heterocycles. The fourth-order valence-electron chi connectivity index (χ4n) is 2.60. The lowest BCUT2D eigenvalue weighted by molar-refractivity contribution is 0.676. The molecule has 0 aromatic carbocycles. The highest BCUT2D eigenvalue weighted by Crippen LogP contribution is 2.26. The van der Waals surface area contributed by atoms with E-state index in [0.717, 1.165) is 30.6 Å². The van der Waals surface area contributed by atoms with Crippen molar-refractivity contribution in [2.24, 2.45) is 0 Å². The van der Waals surface area contributed by atoms with E-state index in [-0.39, 0.29) is 0 Å². The number of aryl methyl sites for hydroxylation is 1. The molecule has 20 heavy (non-hydrogen) atoms. The summed E-state index contributed by atoms with van der Waals surface area (Å²) in [5.41, 5.74) is 2.67. The maximum absolute atomic E-state index is 9.42. The van der Waals surface area contributed by atoms with Crippen molar-refractivity contribution in [3.8, 4) is 6.07 Å². The fourth-order valence-corrected chi connectivity index (χ4v) is 3.83. The highest BCUT2D eigenvalue weighted by molar-refractivity contribution is 7.99. The monoisotopic (exact) mass is 290 g/mol. The van der Waals surface area contributed by atoms with Gasteiger partial charge in [-0.2, -0.15) is 22.1 Å². The molecule has 0 radical (unpaired) electrons. The minimum atomic E-state index is 0.632. The Balaban J connectivity index is 2.12. The Bertz CT molecular complexity index is 489. The van der Waals surface area contributed by atoms with Crippen LogP contribution in [0.25, 0.3) is 0 Å². The average molecular weight is 290 g/mol. The van der Waals surface area contributed by atoms with Crippen molar-refractivity contribution in [2.45, 2.75) is 51.2 Å². The van der Waals surface area contributed by atoms with Crippen LogP contribution in [0.15, 0.2) is 0 Å². The number of aromatic nitrogens is 2. The molecule has 0 aliphatic carbocycles. The summed E-state index contributed by atoms with van der Waals surface area (Å²) in [6.45, 7) is 5.00. The number of anilines is 1. The third-order valence-electron chi connectivity index (χ3n) is 3.73. The molecule has 2 heterocycles. The van der Waals surface area contributed by atoms with Gasteiger partial charge in [0.2, 0.25) is 0 Å². The van der Waals surface area contributed by atoms with E-state index in [1.807, 2.05) is 11.8 Å². The minimum Gasteiger partial charge on any atom is -0.366 e. The van der Waals surface area contributed by atoms with Gasteiger partial charge >= 0.3 is 0 Å². The van der Waals surface area contributed by atoms with Gasteiger partial charge in [-0.3, -0.25) is 0 Å². The highest BCUT2D eigenvalue weighted by atomic mass is 32.2. The number of nitrogens with one attached hydrogen (secondary N) is 1. The van der Waals surface area contributed by atoms with Crippen LogP contribution in [-0.4, -0.2) is 27.7 Å². The Morgan fingerprint density at radius 3 is 2.75 bits per heavy atom. The largest absolute Gasteiger partial charge is 0.366 e. The summed E-state index contributed by atoms with van der Waals surface area (Å²) >= 11 is 2.02. The van der Waals surface area contributed by atoms with Crippen LogP contribution >= 0.6 is 11.8 Å². The predicted octanol–water partition coefficient (Wildman–Crippen LogP) is 3.17. The normalized spacial score (nSPS) is 18.6. The molecule has 0 saturated carbocycles. The summed E-state index contributed by atoms with van der Waals surface area (Å²) in [4.78, 5) is 0. The summed E-state index contributed by atoms with van der Waals surface area (Å²) < 4.78 is 0. The molecule has 0 amide bonds. The predicted molar refractivity (Wildman–Crippen MR) is 84.1 cm³/mol. The van der Waals surface area contributed by atoms with Gasteiger partial charge in [-0.25, -0.2) is 0 Å². The molecule has 1 unspecified atom stereocenters. The second kappa shape index (κ2) is 7.49. The smallest absolute Gasteiger partial charge is 0.166 e. The molecule has 4 nitrogen and oxygen atoms in total. The molecule has 0 bridgehead atoms. The molecular formula is C15H22N4S. The van der Waals surface area contributed by atoms with E-state index in [0.29, 0.717) is 16.6 Å². The summed E-state index contributed by atoms with van der Waals surface area (Å²) in [5, 5.41) is 21.9. The molecular weight excluding hydrogens is 268 g/mol. The quantitative estimate of drug-likeness (QED) is 0.902. The van der Waals surface area contributed by atoms with Gasteiger partial charge in [0.05, 0.1) is 5.69 Å². The maximum atomic E-state index is 9.42. The van der Waals surface area contributed by atoms with Crippen LogP contribution in [0.2, 0.25) is 0 Å². The van der Waals surface area contributed by atoms with Gasteiger partial charge in [0.15, 0.2) is 5.82 Å². The number of rotatable bonds is 5. The lowest BCUT2D eigenvalue weighted by Crippen LogP contribution is -2.21. The van der Waals surface area contributed by atoms with Gasteiger partial charge in [0, 0.05) is 11.8 Å². The zero-order valence-electron chi connectivity index (χ0n) is 12.3. The first-order valence-electron chi connectivity index (χ1n) is 7.44. The standard InChI is InChI=1S/C15H22N4S/c1-3-12-13(9-16)15(19-18-14(12)4-2)17-10-11-7-5-6-8-20-11/h11H,3-8,10H2,1-2H3,(H,17,19). The topological polar surface area (TPSA) is 61.6 Å². The van der Waals surface area contributed by atoms with Crippen LogP contribution in [0.3, 0.4) is 0 Å². The van der Waals surface area contributed by atoms with Crippen LogP contribution in [0.1, 0.15) is 49.9 Å². The molecule has 1 aliphatic rings. The van der Waals surface area contributed by atoms with E-state index in [4.69, 9.17) is 0 Å². The van der Waals surface area contributed by atoms with Crippen LogP contribution in [0.4, 0.5) is 5.82 Å². The molecule has 1 atom stereocenters. The van der Waals surface area contributed by atoms with Crippen LogP contribution in [0, 0.1) is 11.3 Å². The fraction of sp³-hybridized carbons (Fsp3) is 0.667. The summed E-state index contributed by atoms with van der Waals surface area (Å²) in [6.07, 6.45) is 5.54. The van der Waals surface area contributed by atoms with Crippen molar-refractivity contribution in [3.63, 3.8) is 0 Å². The molecule has 1 fully saturated rings. The molecule has 1 aromatic rings. The molecule has 0 spiro atoms. The number of hydrogen-bond acceptors (Lipinski definition) is 5. The third-order valence-corrected chi connectivity index (χ3v) is 5.13. The molecule has 1 N–H and O–H groups in total. The lowest BCUT2D eigenvalue weighted by Gasteiger charge is -2.22. The zero-order valence-corrected chi connectivity index (χ0v) is 13.1. The Morgan fingerprint density at radius 1 is 1.30 bits per heavy atom. The van der Waals surface area contributed by atoms with Crippen molar-refractivity contribution in [3.05, 3.63) is 16.8 Å². The minimum absolute atomic E-state index is 0.632. The third kappa shape index (κ3) is 3.43. The Hall–Kier alpha value is -1.28. The van der Waals surface area contributed by atoms with E-state index >= 15 is 0 Å². The van der Waals surface area contributed by atoms with Crippen molar-refractivity contribution in [1.29, 1.82) is 5.26 Å². The number of thioether (sulfide) groups is 1. The van der Waals surface area contributed by atoms with Crippen LogP contribution in [-0.2, 0) is 12.8 Å². The summed E-state index contributed by atoms with van der Waals surface area (Å²) in [7, 11) is 0. The second-order valence-electron chi connectivity index (χ2n) is 5.04. The molecule has 1 saturated heterocycles. The van der Waals surface area contributed by atoms with Crippen LogP contribution < -0.4 is 5.32 Å². The molecule has 108 valence electrons. The van der Waals surface area contributed by atoms with Crippen molar-refractivity contribution >= 4 is 17.6 Å². The van der Waals surface area contributed by atoms with Gasteiger partial charge in [-0.05, 0) is 37.0 Å². The van der Waals surface area contributed by atoms with Crippen molar-refractivity contribution in [1.82, 2.24) is 10.2 Å². The maximum Gasteiger partial charge on any atom is 0.166 e. The van der Waals surface area contributed by atoms with E-state index in [1.165, 1.54) is 25.0 Å². The zero-order chi connectivity index (χ0) is 14.4. The SMILES string of the molecule is CCc1nnc(NCC2CCCCS2)c(C#N)c1CC. The first kappa shape index (κ1) is 15.1. The Morgan fingerprint density at radius 2 is 2.15 bits per heavy atom. The Kier molecular flexibility index (Phi) is 5.66. The molecule has 1 aromatic heterocycles. The van der Waals surface area contributed by atoms with Crippen molar-refractivity contribution < 1.29 is 0 Å². The number of hydrogen-bond donors (Lipinski definition) is 1. The van der Waals surface area contributed by atoms with Gasteiger partial charge in [0.25, 0.3) is 0 Å². The van der Waals surface area contributed by atoms with Crippen LogP contribution in [0.5, 0.6) is 0 Å². The van der Waals surface area contributed by atoms with E-state index in [2.05, 4.69) is 35.4 Å². The lowest BCUT2D eigenvalue weighted by atomic mass is 10.0. The van der Waals surface area contributed by atoms with E-state index < -0.39 is 0 Å². The number of nitriles is 1. The van der Waals surface area contributed by atoms with Crippen molar-refractivity contribution in [2.75, 3.05) is 17.6 Å². The first-order valence-corrected chi connectivity index (χ1v) is 8.49. The van der Waals surface area contributed by atoms with E-state index in [1.54, 1.807) is 0 Å². The summed E-state index contributed by atoms with van der Waals surface area (Å²) in [6, 6.07) is 2.31. The van der Waals surface area contributed by atoms with Gasteiger partial charge in [-0.15, -0.1) is 5.10 Å². The van der Waals surface area contributed by atoms with Gasteiger partial charge < -0.3 is 5.32 Å².